The average molecular weight is 471 g/mol. The highest BCUT2D eigenvalue weighted by Crippen LogP contribution is 2.34. The summed E-state index contributed by atoms with van der Waals surface area (Å²) in [6.45, 7) is 0. The lowest BCUT2D eigenvalue weighted by Gasteiger charge is -2.22. The minimum Gasteiger partial charge on any atom is -0.273 e. The predicted molar refractivity (Wildman–Crippen MR) is 104 cm³/mol. The van der Waals surface area contributed by atoms with Crippen LogP contribution in [0.5, 0.6) is 0 Å². The molecule has 2 aromatic carbocycles. The van der Waals surface area contributed by atoms with Crippen LogP contribution in [0.1, 0.15) is 30.0 Å². The van der Waals surface area contributed by atoms with E-state index in [0.29, 0.717) is 12.3 Å². The SMILES string of the molecule is O=C(CCCl)N1N=C(c2ccc(Br)cc2)C[C@@H]1c1cccc(Br)c1. The minimum atomic E-state index is -0.100. The average Bonchev–Trinajstić information content (AvgIpc) is 3.01. The normalized spacial score (nSPS) is 17.0. The summed E-state index contributed by atoms with van der Waals surface area (Å²) >= 11 is 12.7. The first-order valence-electron chi connectivity index (χ1n) is 7.55. The molecule has 3 nitrogen and oxygen atoms in total. The van der Waals surface area contributed by atoms with E-state index in [1.807, 2.05) is 48.5 Å². The maximum Gasteiger partial charge on any atom is 0.244 e. The number of alkyl halides is 1. The van der Waals surface area contributed by atoms with Gasteiger partial charge in [0.25, 0.3) is 0 Å². The molecule has 1 aliphatic rings. The first-order valence-corrected chi connectivity index (χ1v) is 9.67. The van der Waals surface area contributed by atoms with Crippen LogP contribution < -0.4 is 0 Å². The molecule has 3 rings (SSSR count). The summed E-state index contributed by atoms with van der Waals surface area (Å²) in [7, 11) is 0. The van der Waals surface area contributed by atoms with Crippen LogP contribution in [0.25, 0.3) is 0 Å². The second-order valence-corrected chi connectivity index (χ2v) is 7.72. The van der Waals surface area contributed by atoms with Crippen molar-refractivity contribution in [1.29, 1.82) is 0 Å². The van der Waals surface area contributed by atoms with Gasteiger partial charge in [-0.05, 0) is 35.4 Å². The lowest BCUT2D eigenvalue weighted by molar-refractivity contribution is -0.132. The number of benzene rings is 2. The summed E-state index contributed by atoms with van der Waals surface area (Å²) in [5.41, 5.74) is 3.00. The summed E-state index contributed by atoms with van der Waals surface area (Å²) in [6, 6.07) is 15.9. The Morgan fingerprint density at radius 3 is 2.58 bits per heavy atom. The van der Waals surface area contributed by atoms with Gasteiger partial charge in [-0.2, -0.15) is 5.10 Å². The first-order chi connectivity index (χ1) is 11.6. The quantitative estimate of drug-likeness (QED) is 0.542. The van der Waals surface area contributed by atoms with Crippen molar-refractivity contribution in [2.24, 2.45) is 5.10 Å². The maximum atomic E-state index is 12.5. The number of carbonyl (C=O) groups is 1. The summed E-state index contributed by atoms with van der Waals surface area (Å²) in [5, 5.41) is 6.19. The van der Waals surface area contributed by atoms with Gasteiger partial charge in [-0.3, -0.25) is 4.79 Å². The maximum absolute atomic E-state index is 12.5. The van der Waals surface area contributed by atoms with Crippen LogP contribution in [-0.4, -0.2) is 22.5 Å². The molecule has 6 heteroatoms. The molecule has 0 aliphatic carbocycles. The van der Waals surface area contributed by atoms with E-state index in [9.17, 15) is 4.79 Å². The zero-order valence-electron chi connectivity index (χ0n) is 12.8. The van der Waals surface area contributed by atoms with E-state index < -0.39 is 0 Å². The monoisotopic (exact) mass is 468 g/mol. The Bertz CT molecular complexity index is 777. The van der Waals surface area contributed by atoms with E-state index in [4.69, 9.17) is 11.6 Å². The van der Waals surface area contributed by atoms with Crippen molar-refractivity contribution in [2.45, 2.75) is 18.9 Å². The molecule has 0 N–H and O–H groups in total. The number of halogens is 3. The van der Waals surface area contributed by atoms with Crippen LogP contribution in [0.15, 0.2) is 62.6 Å². The Hall–Kier alpha value is -1.17. The minimum absolute atomic E-state index is 0.0536. The van der Waals surface area contributed by atoms with Crippen LogP contribution in [0, 0.1) is 0 Å². The van der Waals surface area contributed by atoms with Crippen LogP contribution in [0.3, 0.4) is 0 Å². The highest BCUT2D eigenvalue weighted by molar-refractivity contribution is 9.10. The van der Waals surface area contributed by atoms with E-state index in [1.54, 1.807) is 5.01 Å². The van der Waals surface area contributed by atoms with E-state index in [-0.39, 0.29) is 18.4 Å². The lowest BCUT2D eigenvalue weighted by Crippen LogP contribution is -2.27. The number of amides is 1. The molecule has 0 bridgehead atoms. The van der Waals surface area contributed by atoms with Crippen molar-refractivity contribution in [3.8, 4) is 0 Å². The smallest absolute Gasteiger partial charge is 0.244 e. The van der Waals surface area contributed by atoms with Gasteiger partial charge in [-0.25, -0.2) is 5.01 Å². The van der Waals surface area contributed by atoms with Gasteiger partial charge in [0.1, 0.15) is 0 Å². The van der Waals surface area contributed by atoms with Gasteiger partial charge in [-0.15, -0.1) is 11.6 Å². The van der Waals surface area contributed by atoms with Gasteiger partial charge in [0, 0.05) is 27.7 Å². The molecule has 0 saturated carbocycles. The topological polar surface area (TPSA) is 32.7 Å². The third-order valence-electron chi connectivity index (χ3n) is 3.89. The van der Waals surface area contributed by atoms with Gasteiger partial charge < -0.3 is 0 Å². The molecule has 0 radical (unpaired) electrons. The fraction of sp³-hybridized carbons (Fsp3) is 0.222. The lowest BCUT2D eigenvalue weighted by atomic mass is 9.98. The number of carbonyl (C=O) groups excluding carboxylic acids is 1. The Morgan fingerprint density at radius 1 is 1.17 bits per heavy atom. The molecule has 124 valence electrons. The summed E-state index contributed by atoms with van der Waals surface area (Å²) in [4.78, 5) is 12.5. The highest BCUT2D eigenvalue weighted by atomic mass is 79.9. The fourth-order valence-electron chi connectivity index (χ4n) is 2.73. The third kappa shape index (κ3) is 3.90. The van der Waals surface area contributed by atoms with Crippen molar-refractivity contribution in [2.75, 3.05) is 5.88 Å². The second-order valence-electron chi connectivity index (χ2n) is 5.51. The molecular formula is C18H15Br2ClN2O. The van der Waals surface area contributed by atoms with Crippen molar-refractivity contribution in [1.82, 2.24) is 5.01 Å². The second kappa shape index (κ2) is 7.81. The van der Waals surface area contributed by atoms with Gasteiger partial charge in [0.15, 0.2) is 0 Å². The molecule has 0 unspecified atom stereocenters. The summed E-state index contributed by atoms with van der Waals surface area (Å²) < 4.78 is 2.00. The first kappa shape index (κ1) is 17.6. The number of nitrogens with zero attached hydrogens (tertiary/aromatic N) is 2. The van der Waals surface area contributed by atoms with Gasteiger partial charge in [0.05, 0.1) is 11.8 Å². The number of rotatable bonds is 4. The van der Waals surface area contributed by atoms with Crippen LogP contribution >= 0.6 is 43.5 Å². The molecule has 1 aliphatic heterocycles. The molecule has 0 saturated heterocycles. The van der Waals surface area contributed by atoms with E-state index >= 15 is 0 Å². The molecule has 2 aromatic rings. The van der Waals surface area contributed by atoms with E-state index in [2.05, 4.69) is 37.0 Å². The zero-order valence-corrected chi connectivity index (χ0v) is 16.7. The molecule has 24 heavy (non-hydrogen) atoms. The number of hydrogen-bond donors (Lipinski definition) is 0. The van der Waals surface area contributed by atoms with Gasteiger partial charge in [0.2, 0.25) is 5.91 Å². The van der Waals surface area contributed by atoms with Gasteiger partial charge >= 0.3 is 0 Å². The largest absolute Gasteiger partial charge is 0.273 e. The molecule has 0 fully saturated rings. The Balaban J connectivity index is 1.94. The van der Waals surface area contributed by atoms with Crippen molar-refractivity contribution >= 4 is 55.1 Å². The zero-order chi connectivity index (χ0) is 17.1. The van der Waals surface area contributed by atoms with Crippen molar-refractivity contribution in [3.05, 3.63) is 68.6 Å². The number of hydrazone groups is 1. The predicted octanol–water partition coefficient (Wildman–Crippen LogP) is 5.52. The van der Waals surface area contributed by atoms with E-state index in [0.717, 1.165) is 25.8 Å². The van der Waals surface area contributed by atoms with Crippen LogP contribution in [-0.2, 0) is 4.79 Å². The highest BCUT2D eigenvalue weighted by Gasteiger charge is 2.32. The van der Waals surface area contributed by atoms with Crippen LogP contribution in [0.2, 0.25) is 0 Å². The third-order valence-corrected chi connectivity index (χ3v) is 5.10. The Morgan fingerprint density at radius 2 is 1.92 bits per heavy atom. The molecule has 0 aromatic heterocycles. The Kier molecular flexibility index (Phi) is 5.74. The molecule has 0 spiro atoms. The molecular weight excluding hydrogens is 455 g/mol. The standard InChI is InChI=1S/C18H15Br2ClN2O/c19-14-6-4-12(5-7-14)16-11-17(13-2-1-3-15(20)10-13)23(22-16)18(24)8-9-21/h1-7,10,17H,8-9,11H2/t17-/m1/s1. The molecule has 1 heterocycles. The Labute approximate surface area is 162 Å². The summed E-state index contributed by atoms with van der Waals surface area (Å²) in [5.74, 6) is 0.242. The fourth-order valence-corrected chi connectivity index (χ4v) is 3.57. The van der Waals surface area contributed by atoms with Gasteiger partial charge in [-0.1, -0.05) is 56.1 Å². The van der Waals surface area contributed by atoms with Crippen molar-refractivity contribution in [3.63, 3.8) is 0 Å². The number of hydrogen-bond acceptors (Lipinski definition) is 2. The summed E-state index contributed by atoms with van der Waals surface area (Å²) in [6.07, 6.45) is 0.968. The molecule has 1 amide bonds. The van der Waals surface area contributed by atoms with Crippen LogP contribution in [0.4, 0.5) is 0 Å². The molecule has 1 atom stereocenters. The van der Waals surface area contributed by atoms with E-state index in [1.165, 1.54) is 0 Å². The van der Waals surface area contributed by atoms with Crippen molar-refractivity contribution < 1.29 is 4.79 Å².